The molecule has 5 nitrogen and oxygen atoms in total. The van der Waals surface area contributed by atoms with Gasteiger partial charge < -0.3 is 14.2 Å². The van der Waals surface area contributed by atoms with Crippen molar-refractivity contribution in [2.24, 2.45) is 7.05 Å². The molecule has 0 unspecified atom stereocenters. The summed E-state index contributed by atoms with van der Waals surface area (Å²) in [5.41, 5.74) is 0.517. The summed E-state index contributed by atoms with van der Waals surface area (Å²) in [5, 5.41) is 10.2. The summed E-state index contributed by atoms with van der Waals surface area (Å²) in [6.45, 7) is 0. The number of hydrogen-bond donors (Lipinski definition) is 1. The first kappa shape index (κ1) is 13.1. The van der Waals surface area contributed by atoms with Gasteiger partial charge in [0, 0.05) is 25.6 Å². The maximum absolute atomic E-state index is 12.2. The molecule has 0 spiro atoms. The Labute approximate surface area is 117 Å². The Morgan fingerprint density at radius 3 is 2.90 bits per heavy atom. The topological polar surface area (TPSA) is 60.1 Å². The molecule has 2 aromatic heterocycles. The molecule has 20 heavy (non-hydrogen) atoms. The molecule has 5 heteroatoms. The van der Waals surface area contributed by atoms with Crippen LogP contribution in [0.3, 0.4) is 0 Å². The van der Waals surface area contributed by atoms with Gasteiger partial charge in [-0.05, 0) is 25.0 Å². The second-order valence-electron chi connectivity index (χ2n) is 5.42. The molecule has 0 aromatic carbocycles. The van der Waals surface area contributed by atoms with Crippen LogP contribution in [-0.4, -0.2) is 25.3 Å². The summed E-state index contributed by atoms with van der Waals surface area (Å²) < 4.78 is 3.51. The Morgan fingerprint density at radius 2 is 2.10 bits per heavy atom. The van der Waals surface area contributed by atoms with Crippen molar-refractivity contribution in [3.63, 3.8) is 0 Å². The summed E-state index contributed by atoms with van der Waals surface area (Å²) in [4.78, 5) is 16.6. The van der Waals surface area contributed by atoms with E-state index in [2.05, 4.69) is 4.98 Å². The van der Waals surface area contributed by atoms with E-state index >= 15 is 0 Å². The first-order valence-corrected chi connectivity index (χ1v) is 7.05. The lowest BCUT2D eigenvalue weighted by atomic mass is 9.92. The van der Waals surface area contributed by atoms with Crippen molar-refractivity contribution < 1.29 is 5.11 Å². The van der Waals surface area contributed by atoms with Crippen molar-refractivity contribution in [2.45, 2.75) is 37.8 Å². The molecule has 0 saturated heterocycles. The average Bonchev–Trinajstić information content (AvgIpc) is 2.91. The van der Waals surface area contributed by atoms with Crippen LogP contribution in [0.4, 0.5) is 0 Å². The maximum atomic E-state index is 12.2. The van der Waals surface area contributed by atoms with Gasteiger partial charge in [0.2, 0.25) is 0 Å². The maximum Gasteiger partial charge on any atom is 0.261 e. The minimum absolute atomic E-state index is 0.0196. The van der Waals surface area contributed by atoms with Crippen LogP contribution in [0.25, 0.3) is 11.4 Å². The average molecular weight is 273 g/mol. The predicted octanol–water partition coefficient (Wildman–Crippen LogP) is 1.72. The number of imidazole rings is 1. The van der Waals surface area contributed by atoms with E-state index in [4.69, 9.17) is 0 Å². The number of aromatic nitrogens is 3. The quantitative estimate of drug-likeness (QED) is 0.906. The van der Waals surface area contributed by atoms with Crippen LogP contribution in [0, 0.1) is 0 Å². The number of hydrogen-bond acceptors (Lipinski definition) is 3. The normalized spacial score (nSPS) is 22.9. The Bertz CT molecular complexity index is 659. The third-order valence-corrected chi connectivity index (χ3v) is 4.08. The van der Waals surface area contributed by atoms with E-state index in [1.54, 1.807) is 30.1 Å². The van der Waals surface area contributed by atoms with Crippen molar-refractivity contribution in [3.8, 4) is 11.4 Å². The predicted molar refractivity (Wildman–Crippen MR) is 76.4 cm³/mol. The second-order valence-corrected chi connectivity index (χ2v) is 5.42. The minimum Gasteiger partial charge on any atom is -0.391 e. The summed E-state index contributed by atoms with van der Waals surface area (Å²) >= 11 is 0. The fourth-order valence-electron chi connectivity index (χ4n) is 2.97. The van der Waals surface area contributed by atoms with E-state index in [0.29, 0.717) is 11.4 Å². The lowest BCUT2D eigenvalue weighted by molar-refractivity contribution is 0.0762. The Balaban J connectivity index is 2.06. The number of rotatable bonds is 2. The van der Waals surface area contributed by atoms with Gasteiger partial charge in [-0.15, -0.1) is 0 Å². The molecule has 0 radical (unpaired) electrons. The van der Waals surface area contributed by atoms with Gasteiger partial charge in [-0.2, -0.15) is 0 Å². The van der Waals surface area contributed by atoms with E-state index in [1.807, 2.05) is 16.8 Å². The highest BCUT2D eigenvalue weighted by Crippen LogP contribution is 2.31. The van der Waals surface area contributed by atoms with Crippen molar-refractivity contribution in [1.29, 1.82) is 0 Å². The molecule has 1 saturated carbocycles. The first-order valence-electron chi connectivity index (χ1n) is 7.05. The van der Waals surface area contributed by atoms with Gasteiger partial charge in [-0.3, -0.25) is 4.79 Å². The zero-order chi connectivity index (χ0) is 14.1. The molecule has 2 aromatic rings. The first-order chi connectivity index (χ1) is 9.68. The third-order valence-electron chi connectivity index (χ3n) is 4.08. The van der Waals surface area contributed by atoms with Gasteiger partial charge in [-0.25, -0.2) is 4.98 Å². The highest BCUT2D eigenvalue weighted by atomic mass is 16.3. The number of aliphatic hydroxyl groups excluding tert-OH is 1. The third kappa shape index (κ3) is 2.18. The smallest absolute Gasteiger partial charge is 0.261 e. The van der Waals surface area contributed by atoms with Crippen molar-refractivity contribution in [3.05, 3.63) is 41.1 Å². The Morgan fingerprint density at radius 1 is 1.30 bits per heavy atom. The number of aryl methyl sites for hydroxylation is 1. The molecule has 0 amide bonds. The van der Waals surface area contributed by atoms with E-state index in [9.17, 15) is 9.90 Å². The SMILES string of the molecule is Cn1cccc(-c2nccn2[C@H]2CCCC[C@@H]2O)c1=O. The van der Waals surface area contributed by atoms with Crippen molar-refractivity contribution in [1.82, 2.24) is 14.1 Å². The molecule has 2 atom stereocenters. The summed E-state index contributed by atoms with van der Waals surface area (Å²) in [6.07, 6.45) is 8.84. The molecule has 1 aliphatic rings. The largest absolute Gasteiger partial charge is 0.391 e. The van der Waals surface area contributed by atoms with Gasteiger partial charge >= 0.3 is 0 Å². The molecule has 1 aliphatic carbocycles. The monoisotopic (exact) mass is 273 g/mol. The second kappa shape index (κ2) is 5.25. The zero-order valence-electron chi connectivity index (χ0n) is 11.6. The molecule has 3 rings (SSSR count). The van der Waals surface area contributed by atoms with Crippen LogP contribution >= 0.6 is 0 Å². The van der Waals surface area contributed by atoms with E-state index in [0.717, 1.165) is 25.7 Å². The zero-order valence-corrected chi connectivity index (χ0v) is 11.6. The summed E-state index contributed by atoms with van der Waals surface area (Å²) in [6, 6.07) is 3.65. The highest BCUT2D eigenvalue weighted by Gasteiger charge is 2.27. The number of pyridine rings is 1. The number of aliphatic hydroxyl groups is 1. The molecular weight excluding hydrogens is 254 g/mol. The van der Waals surface area contributed by atoms with Crippen molar-refractivity contribution >= 4 is 0 Å². The molecule has 0 bridgehead atoms. The van der Waals surface area contributed by atoms with Crippen LogP contribution in [0.5, 0.6) is 0 Å². The van der Waals surface area contributed by atoms with Crippen LogP contribution < -0.4 is 5.56 Å². The molecule has 0 aliphatic heterocycles. The van der Waals surface area contributed by atoms with Gasteiger partial charge in [-0.1, -0.05) is 12.8 Å². The van der Waals surface area contributed by atoms with Gasteiger partial charge in [0.15, 0.2) is 0 Å². The minimum atomic E-state index is -0.357. The van der Waals surface area contributed by atoms with E-state index in [1.165, 1.54) is 0 Å². The van der Waals surface area contributed by atoms with Gasteiger partial charge in [0.05, 0.1) is 17.7 Å². The van der Waals surface area contributed by atoms with Crippen LogP contribution in [0.15, 0.2) is 35.5 Å². The fourth-order valence-corrected chi connectivity index (χ4v) is 2.97. The van der Waals surface area contributed by atoms with E-state index < -0.39 is 0 Å². The molecule has 1 fully saturated rings. The summed E-state index contributed by atoms with van der Waals surface area (Å²) in [5.74, 6) is 0.650. The highest BCUT2D eigenvalue weighted by molar-refractivity contribution is 5.54. The van der Waals surface area contributed by atoms with Crippen molar-refractivity contribution in [2.75, 3.05) is 0 Å². The lowest BCUT2D eigenvalue weighted by Crippen LogP contribution is -2.28. The molecule has 106 valence electrons. The molecule has 1 N–H and O–H groups in total. The van der Waals surface area contributed by atoms with Crippen LogP contribution in [-0.2, 0) is 7.05 Å². The van der Waals surface area contributed by atoms with Crippen LogP contribution in [0.1, 0.15) is 31.7 Å². The standard InChI is InChI=1S/C15H19N3O2/c1-17-9-4-5-11(15(17)20)14-16-8-10-18(14)12-6-2-3-7-13(12)19/h4-5,8-10,12-13,19H,2-3,6-7H2,1H3/t12-,13-/m0/s1. The van der Waals surface area contributed by atoms with E-state index in [-0.39, 0.29) is 17.7 Å². The number of nitrogens with zero attached hydrogens (tertiary/aromatic N) is 3. The van der Waals surface area contributed by atoms with Crippen LogP contribution in [0.2, 0.25) is 0 Å². The summed E-state index contributed by atoms with van der Waals surface area (Å²) in [7, 11) is 1.73. The molecule has 2 heterocycles. The lowest BCUT2D eigenvalue weighted by Gasteiger charge is -2.29. The van der Waals surface area contributed by atoms with Gasteiger partial charge in [0.1, 0.15) is 5.82 Å². The Hall–Kier alpha value is -1.88. The van der Waals surface area contributed by atoms with Gasteiger partial charge in [0.25, 0.3) is 5.56 Å². The fraction of sp³-hybridized carbons (Fsp3) is 0.467. The Kier molecular flexibility index (Phi) is 3.44. The molecular formula is C15H19N3O2.